The molecule has 2 aliphatic rings. The van der Waals surface area contributed by atoms with Gasteiger partial charge in [-0.1, -0.05) is 23.4 Å². The Morgan fingerprint density at radius 3 is 2.47 bits per heavy atom. The SMILES string of the molecule is COc1ccc([C@H]2CC(=O)C3=C(C2)Nc2onc(C)c2[C@H]3c2ccc(F)cc2)cc1OC. The first-order valence-electron chi connectivity index (χ1n) is 10.5. The first kappa shape index (κ1) is 20.3. The van der Waals surface area contributed by atoms with Crippen molar-refractivity contribution in [2.75, 3.05) is 19.5 Å². The average molecular weight is 434 g/mol. The minimum absolute atomic E-state index is 0.0204. The lowest BCUT2D eigenvalue weighted by Crippen LogP contribution is -2.29. The third kappa shape index (κ3) is 3.25. The maximum Gasteiger partial charge on any atom is 0.233 e. The van der Waals surface area contributed by atoms with Gasteiger partial charge < -0.3 is 19.3 Å². The number of rotatable bonds is 4. The molecule has 0 radical (unpaired) electrons. The summed E-state index contributed by atoms with van der Waals surface area (Å²) in [5.41, 5.74) is 4.90. The molecule has 0 saturated heterocycles. The number of methoxy groups -OCH3 is 2. The summed E-state index contributed by atoms with van der Waals surface area (Å²) in [7, 11) is 3.19. The Labute approximate surface area is 185 Å². The zero-order valence-electron chi connectivity index (χ0n) is 18.1. The Morgan fingerprint density at radius 2 is 1.75 bits per heavy atom. The summed E-state index contributed by atoms with van der Waals surface area (Å²) >= 11 is 0. The van der Waals surface area contributed by atoms with Crippen LogP contribution in [0.15, 0.2) is 58.3 Å². The number of allylic oxidation sites excluding steroid dienone is 2. The number of aryl methyl sites for hydroxylation is 1. The summed E-state index contributed by atoms with van der Waals surface area (Å²) in [4.78, 5) is 13.5. The second kappa shape index (κ2) is 7.82. The second-order valence-corrected chi connectivity index (χ2v) is 8.16. The van der Waals surface area contributed by atoms with Crippen molar-refractivity contribution in [3.8, 4) is 11.5 Å². The summed E-state index contributed by atoms with van der Waals surface area (Å²) in [6.07, 6.45) is 1.00. The fourth-order valence-corrected chi connectivity index (χ4v) is 4.80. The van der Waals surface area contributed by atoms with Gasteiger partial charge in [0.05, 0.1) is 25.5 Å². The minimum atomic E-state index is -0.341. The van der Waals surface area contributed by atoms with Crippen LogP contribution in [0.1, 0.15) is 47.1 Å². The molecule has 3 aromatic rings. The van der Waals surface area contributed by atoms with Crippen molar-refractivity contribution >= 4 is 11.7 Å². The topological polar surface area (TPSA) is 73.6 Å². The third-order valence-electron chi connectivity index (χ3n) is 6.34. The van der Waals surface area contributed by atoms with E-state index in [1.807, 2.05) is 25.1 Å². The number of ether oxygens (including phenoxy) is 2. The van der Waals surface area contributed by atoms with Crippen LogP contribution in [-0.2, 0) is 4.79 Å². The maximum absolute atomic E-state index is 13.6. The zero-order valence-corrected chi connectivity index (χ0v) is 18.1. The number of Topliss-reactive ketones (excluding diaryl/α,β-unsaturated/α-hetero) is 1. The molecule has 0 bridgehead atoms. The van der Waals surface area contributed by atoms with E-state index in [-0.39, 0.29) is 23.4 Å². The van der Waals surface area contributed by atoms with E-state index < -0.39 is 0 Å². The van der Waals surface area contributed by atoms with Crippen LogP contribution in [0.4, 0.5) is 10.3 Å². The largest absolute Gasteiger partial charge is 0.493 e. The molecule has 2 atom stereocenters. The van der Waals surface area contributed by atoms with E-state index in [1.165, 1.54) is 12.1 Å². The standard InChI is InChI=1S/C25H23FN2O4/c1-13-22-23(14-4-7-17(26)8-5-14)24-18(27-25(22)32-28-13)10-16(11-19(24)29)15-6-9-20(30-2)21(12-15)31-3/h4-9,12,16,23,27H,10-11H2,1-3H3/t16-,23-/m1/s1. The molecule has 1 N–H and O–H groups in total. The van der Waals surface area contributed by atoms with E-state index in [0.29, 0.717) is 41.5 Å². The summed E-state index contributed by atoms with van der Waals surface area (Å²) in [6, 6.07) is 12.0. The van der Waals surface area contributed by atoms with Crippen LogP contribution in [0.5, 0.6) is 11.5 Å². The quantitative estimate of drug-likeness (QED) is 0.616. The van der Waals surface area contributed by atoms with Gasteiger partial charge in [0.2, 0.25) is 5.88 Å². The number of carbonyl (C=O) groups excluding carboxylic acids is 1. The Morgan fingerprint density at radius 1 is 1.03 bits per heavy atom. The van der Waals surface area contributed by atoms with Crippen molar-refractivity contribution in [1.29, 1.82) is 0 Å². The summed E-state index contributed by atoms with van der Waals surface area (Å²) in [6.45, 7) is 1.85. The summed E-state index contributed by atoms with van der Waals surface area (Å²) < 4.78 is 29.9. The molecule has 0 saturated carbocycles. The molecule has 2 heterocycles. The number of ketones is 1. The Bertz CT molecular complexity index is 1230. The first-order valence-corrected chi connectivity index (χ1v) is 10.5. The Balaban J connectivity index is 1.57. The first-order chi connectivity index (χ1) is 15.5. The van der Waals surface area contributed by atoms with Crippen molar-refractivity contribution in [3.05, 3.63) is 81.9 Å². The van der Waals surface area contributed by atoms with Gasteiger partial charge in [-0.15, -0.1) is 0 Å². The van der Waals surface area contributed by atoms with Crippen LogP contribution in [0.3, 0.4) is 0 Å². The van der Waals surface area contributed by atoms with Gasteiger partial charge in [-0.25, -0.2) is 4.39 Å². The predicted molar refractivity (Wildman–Crippen MR) is 117 cm³/mol. The van der Waals surface area contributed by atoms with Crippen LogP contribution < -0.4 is 14.8 Å². The van der Waals surface area contributed by atoms with E-state index in [4.69, 9.17) is 14.0 Å². The molecule has 1 aliphatic heterocycles. The van der Waals surface area contributed by atoms with Crippen LogP contribution in [0, 0.1) is 12.7 Å². The van der Waals surface area contributed by atoms with Gasteiger partial charge in [0.1, 0.15) is 5.82 Å². The number of nitrogens with zero attached hydrogens (tertiary/aromatic N) is 1. The summed E-state index contributed by atoms with van der Waals surface area (Å²) in [5.74, 6) is 1.19. The number of anilines is 1. The van der Waals surface area contributed by atoms with E-state index >= 15 is 0 Å². The van der Waals surface area contributed by atoms with Crippen LogP contribution in [-0.4, -0.2) is 25.2 Å². The number of hydrogen-bond acceptors (Lipinski definition) is 6. The van der Waals surface area contributed by atoms with Gasteiger partial charge in [0.15, 0.2) is 17.3 Å². The van der Waals surface area contributed by atoms with Crippen LogP contribution >= 0.6 is 0 Å². The molecule has 1 aliphatic carbocycles. The lowest BCUT2D eigenvalue weighted by molar-refractivity contribution is -0.116. The van der Waals surface area contributed by atoms with E-state index in [0.717, 1.165) is 22.4 Å². The van der Waals surface area contributed by atoms with Gasteiger partial charge in [-0.2, -0.15) is 0 Å². The van der Waals surface area contributed by atoms with E-state index in [1.54, 1.807) is 26.4 Å². The minimum Gasteiger partial charge on any atom is -0.493 e. The molecule has 32 heavy (non-hydrogen) atoms. The van der Waals surface area contributed by atoms with Crippen molar-refractivity contribution in [1.82, 2.24) is 5.16 Å². The molecule has 0 spiro atoms. The Kier molecular flexibility index (Phi) is 4.96. The molecule has 5 rings (SSSR count). The van der Waals surface area contributed by atoms with Gasteiger partial charge in [-0.05, 0) is 54.7 Å². The number of aromatic nitrogens is 1. The van der Waals surface area contributed by atoms with E-state index in [9.17, 15) is 9.18 Å². The highest BCUT2D eigenvalue weighted by Crippen LogP contribution is 2.49. The number of carbonyl (C=O) groups is 1. The molecular weight excluding hydrogens is 411 g/mol. The monoisotopic (exact) mass is 434 g/mol. The molecule has 7 heteroatoms. The van der Waals surface area contributed by atoms with Crippen molar-refractivity contribution in [2.45, 2.75) is 31.6 Å². The van der Waals surface area contributed by atoms with Crippen LogP contribution in [0.25, 0.3) is 0 Å². The second-order valence-electron chi connectivity index (χ2n) is 8.16. The highest BCUT2D eigenvalue weighted by Gasteiger charge is 2.41. The number of hydrogen-bond donors (Lipinski definition) is 1. The van der Waals surface area contributed by atoms with Crippen LogP contribution in [0.2, 0.25) is 0 Å². The molecule has 1 aromatic heterocycles. The molecule has 0 fully saturated rings. The number of benzene rings is 2. The smallest absolute Gasteiger partial charge is 0.233 e. The predicted octanol–water partition coefficient (Wildman–Crippen LogP) is 5.10. The molecule has 2 aromatic carbocycles. The highest BCUT2D eigenvalue weighted by molar-refractivity contribution is 6.01. The zero-order chi connectivity index (χ0) is 22.4. The third-order valence-corrected chi connectivity index (χ3v) is 6.34. The Hall–Kier alpha value is -3.61. The van der Waals surface area contributed by atoms with Gasteiger partial charge in [0.25, 0.3) is 0 Å². The number of halogens is 1. The molecule has 164 valence electrons. The van der Waals surface area contributed by atoms with Crippen molar-refractivity contribution in [2.24, 2.45) is 0 Å². The van der Waals surface area contributed by atoms with E-state index in [2.05, 4.69) is 10.5 Å². The molecular formula is C25H23FN2O4. The van der Waals surface area contributed by atoms with Crippen molar-refractivity contribution in [3.63, 3.8) is 0 Å². The number of nitrogens with one attached hydrogen (secondary N) is 1. The fourth-order valence-electron chi connectivity index (χ4n) is 4.80. The summed E-state index contributed by atoms with van der Waals surface area (Å²) in [5, 5.41) is 7.43. The normalized spacial score (nSPS) is 19.8. The lowest BCUT2D eigenvalue weighted by atomic mass is 9.72. The van der Waals surface area contributed by atoms with Gasteiger partial charge in [0, 0.05) is 23.6 Å². The van der Waals surface area contributed by atoms with Gasteiger partial charge >= 0.3 is 0 Å². The van der Waals surface area contributed by atoms with Gasteiger partial charge in [-0.3, -0.25) is 4.79 Å². The maximum atomic E-state index is 13.6. The fraction of sp³-hybridized carbons (Fsp3) is 0.280. The van der Waals surface area contributed by atoms with Crippen molar-refractivity contribution < 1.29 is 23.2 Å². The highest BCUT2D eigenvalue weighted by atomic mass is 19.1. The lowest BCUT2D eigenvalue weighted by Gasteiger charge is -2.34. The molecule has 0 unspecified atom stereocenters. The molecule has 6 nitrogen and oxygen atoms in total. The number of fused-ring (bicyclic) bond motifs is 1. The molecule has 0 amide bonds. The average Bonchev–Trinajstić information content (AvgIpc) is 3.18.